The quantitative estimate of drug-likeness (QED) is 0.629. The summed E-state index contributed by atoms with van der Waals surface area (Å²) in [5.74, 6) is 1.83. The number of halogens is 1. The van der Waals surface area contributed by atoms with E-state index in [2.05, 4.69) is 32.1 Å². The molecule has 1 fully saturated rings. The SMILES string of the molecule is CC1CNCCN1c1nccnc1OCCOc1cccnc1Cl. The fourth-order valence-electron chi connectivity index (χ4n) is 2.54. The summed E-state index contributed by atoms with van der Waals surface area (Å²) in [6.45, 7) is 5.55. The van der Waals surface area contributed by atoms with Gasteiger partial charge in [0, 0.05) is 44.3 Å². The molecule has 1 unspecified atom stereocenters. The van der Waals surface area contributed by atoms with Crippen LogP contribution in [-0.4, -0.2) is 53.8 Å². The van der Waals surface area contributed by atoms with Crippen LogP contribution in [0.15, 0.2) is 30.7 Å². The van der Waals surface area contributed by atoms with Crippen molar-refractivity contribution in [1.82, 2.24) is 20.3 Å². The van der Waals surface area contributed by atoms with Gasteiger partial charge in [0.05, 0.1) is 0 Å². The van der Waals surface area contributed by atoms with Crippen molar-refractivity contribution in [2.24, 2.45) is 0 Å². The Morgan fingerprint density at radius 3 is 2.88 bits per heavy atom. The van der Waals surface area contributed by atoms with Crippen LogP contribution in [0.4, 0.5) is 5.82 Å². The predicted molar refractivity (Wildman–Crippen MR) is 91.9 cm³/mol. The van der Waals surface area contributed by atoms with Crippen LogP contribution in [0.3, 0.4) is 0 Å². The normalized spacial score (nSPS) is 17.6. The third kappa shape index (κ3) is 4.04. The molecule has 0 aliphatic carbocycles. The van der Waals surface area contributed by atoms with Crippen molar-refractivity contribution >= 4 is 17.4 Å². The van der Waals surface area contributed by atoms with E-state index in [0.29, 0.717) is 36.0 Å². The minimum absolute atomic E-state index is 0.336. The number of nitrogens with one attached hydrogen (secondary N) is 1. The minimum Gasteiger partial charge on any atom is -0.487 e. The van der Waals surface area contributed by atoms with Crippen molar-refractivity contribution in [2.45, 2.75) is 13.0 Å². The van der Waals surface area contributed by atoms with E-state index in [1.54, 1.807) is 30.7 Å². The van der Waals surface area contributed by atoms with Crippen LogP contribution in [0.5, 0.6) is 11.6 Å². The number of piperazine rings is 1. The van der Waals surface area contributed by atoms with Crippen molar-refractivity contribution in [3.63, 3.8) is 0 Å². The van der Waals surface area contributed by atoms with Gasteiger partial charge in [0.1, 0.15) is 13.2 Å². The third-order valence-electron chi connectivity index (χ3n) is 3.72. The highest BCUT2D eigenvalue weighted by atomic mass is 35.5. The molecule has 0 aromatic carbocycles. The van der Waals surface area contributed by atoms with Gasteiger partial charge in [-0.3, -0.25) is 0 Å². The lowest BCUT2D eigenvalue weighted by Gasteiger charge is -2.35. The van der Waals surface area contributed by atoms with Crippen molar-refractivity contribution in [3.05, 3.63) is 35.9 Å². The molecule has 0 spiro atoms. The molecule has 24 heavy (non-hydrogen) atoms. The number of hydrogen-bond acceptors (Lipinski definition) is 7. The summed E-state index contributed by atoms with van der Waals surface area (Å²) in [4.78, 5) is 14.9. The molecule has 0 saturated carbocycles. The van der Waals surface area contributed by atoms with E-state index in [4.69, 9.17) is 21.1 Å². The molecule has 1 atom stereocenters. The highest BCUT2D eigenvalue weighted by Gasteiger charge is 2.23. The zero-order chi connectivity index (χ0) is 16.8. The second-order valence-corrected chi connectivity index (χ2v) is 5.78. The number of aromatic nitrogens is 3. The van der Waals surface area contributed by atoms with Crippen LogP contribution >= 0.6 is 11.6 Å². The van der Waals surface area contributed by atoms with E-state index in [1.165, 1.54) is 0 Å². The zero-order valence-corrected chi connectivity index (χ0v) is 14.2. The summed E-state index contributed by atoms with van der Waals surface area (Å²) in [6.07, 6.45) is 4.93. The lowest BCUT2D eigenvalue weighted by Crippen LogP contribution is -2.50. The first-order chi connectivity index (χ1) is 11.8. The Hall–Kier alpha value is -2.12. The van der Waals surface area contributed by atoms with Gasteiger partial charge >= 0.3 is 0 Å². The highest BCUT2D eigenvalue weighted by Crippen LogP contribution is 2.25. The number of rotatable bonds is 6. The van der Waals surface area contributed by atoms with Crippen LogP contribution in [-0.2, 0) is 0 Å². The molecule has 0 amide bonds. The maximum atomic E-state index is 5.95. The summed E-state index contributed by atoms with van der Waals surface area (Å²) in [6, 6.07) is 3.88. The lowest BCUT2D eigenvalue weighted by atomic mass is 10.2. The molecule has 0 bridgehead atoms. The Kier molecular flexibility index (Phi) is 5.66. The summed E-state index contributed by atoms with van der Waals surface area (Å²) in [5.41, 5.74) is 0. The molecule has 7 nitrogen and oxygen atoms in total. The standard InChI is InChI=1S/C16H20ClN5O2/c1-12-11-18-7-8-22(12)15-16(21-6-5-20-15)24-10-9-23-13-3-2-4-19-14(13)17/h2-6,12,18H,7-11H2,1H3. The number of ether oxygens (including phenoxy) is 2. The van der Waals surface area contributed by atoms with Gasteiger partial charge in [0.2, 0.25) is 0 Å². The van der Waals surface area contributed by atoms with E-state index in [9.17, 15) is 0 Å². The molecule has 1 saturated heterocycles. The smallest absolute Gasteiger partial charge is 0.257 e. The summed E-state index contributed by atoms with van der Waals surface area (Å²) in [7, 11) is 0. The Bertz CT molecular complexity index is 672. The first-order valence-electron chi connectivity index (χ1n) is 7.90. The number of pyridine rings is 1. The summed E-state index contributed by atoms with van der Waals surface area (Å²) >= 11 is 5.95. The minimum atomic E-state index is 0.336. The number of nitrogens with zero attached hydrogens (tertiary/aromatic N) is 4. The average molecular weight is 350 g/mol. The molecule has 8 heteroatoms. The van der Waals surface area contributed by atoms with Gasteiger partial charge in [0.15, 0.2) is 16.7 Å². The van der Waals surface area contributed by atoms with Gasteiger partial charge < -0.3 is 19.7 Å². The van der Waals surface area contributed by atoms with E-state index < -0.39 is 0 Å². The number of anilines is 1. The Morgan fingerprint density at radius 2 is 2.04 bits per heavy atom. The second-order valence-electron chi connectivity index (χ2n) is 5.42. The first kappa shape index (κ1) is 16.7. The molecule has 1 N–H and O–H groups in total. The molecular weight excluding hydrogens is 330 g/mol. The molecule has 128 valence electrons. The maximum absolute atomic E-state index is 5.95. The Labute approximate surface area is 146 Å². The van der Waals surface area contributed by atoms with E-state index in [-0.39, 0.29) is 0 Å². The Morgan fingerprint density at radius 1 is 1.21 bits per heavy atom. The van der Waals surface area contributed by atoms with Crippen LogP contribution < -0.4 is 19.7 Å². The molecule has 3 heterocycles. The molecule has 0 radical (unpaired) electrons. The topological polar surface area (TPSA) is 72.4 Å². The van der Waals surface area contributed by atoms with Crippen molar-refractivity contribution < 1.29 is 9.47 Å². The van der Waals surface area contributed by atoms with Gasteiger partial charge in [-0.2, -0.15) is 0 Å². The van der Waals surface area contributed by atoms with Crippen molar-refractivity contribution in [2.75, 3.05) is 37.7 Å². The summed E-state index contributed by atoms with van der Waals surface area (Å²) in [5, 5.41) is 3.70. The predicted octanol–water partition coefficient (Wildman–Crippen LogP) is 1.78. The van der Waals surface area contributed by atoms with E-state index in [0.717, 1.165) is 25.5 Å². The summed E-state index contributed by atoms with van der Waals surface area (Å²) < 4.78 is 11.3. The van der Waals surface area contributed by atoms with Crippen LogP contribution in [0.25, 0.3) is 0 Å². The largest absolute Gasteiger partial charge is 0.487 e. The van der Waals surface area contributed by atoms with Gasteiger partial charge in [-0.15, -0.1) is 0 Å². The molecule has 3 rings (SSSR count). The Balaban J connectivity index is 1.58. The second kappa shape index (κ2) is 8.12. The average Bonchev–Trinajstić information content (AvgIpc) is 2.61. The van der Waals surface area contributed by atoms with Crippen molar-refractivity contribution in [3.8, 4) is 11.6 Å². The lowest BCUT2D eigenvalue weighted by molar-refractivity contribution is 0.211. The van der Waals surface area contributed by atoms with E-state index in [1.807, 2.05) is 0 Å². The van der Waals surface area contributed by atoms with Gasteiger partial charge in [0.25, 0.3) is 5.88 Å². The molecule has 2 aromatic heterocycles. The highest BCUT2D eigenvalue weighted by molar-refractivity contribution is 6.30. The van der Waals surface area contributed by atoms with E-state index >= 15 is 0 Å². The fraction of sp³-hybridized carbons (Fsp3) is 0.438. The first-order valence-corrected chi connectivity index (χ1v) is 8.28. The maximum Gasteiger partial charge on any atom is 0.257 e. The van der Waals surface area contributed by atoms with Crippen molar-refractivity contribution in [1.29, 1.82) is 0 Å². The molecule has 2 aromatic rings. The fourth-order valence-corrected chi connectivity index (χ4v) is 2.72. The van der Waals surface area contributed by atoms with Gasteiger partial charge in [-0.05, 0) is 19.1 Å². The third-order valence-corrected chi connectivity index (χ3v) is 4.01. The zero-order valence-electron chi connectivity index (χ0n) is 13.5. The number of hydrogen-bond donors (Lipinski definition) is 1. The monoisotopic (exact) mass is 349 g/mol. The van der Waals surface area contributed by atoms with Crippen LogP contribution in [0, 0.1) is 0 Å². The van der Waals surface area contributed by atoms with Gasteiger partial charge in [-0.25, -0.2) is 15.0 Å². The molecule has 1 aliphatic rings. The van der Waals surface area contributed by atoms with Gasteiger partial charge in [-0.1, -0.05) is 11.6 Å². The molecule has 1 aliphatic heterocycles. The molecular formula is C16H20ClN5O2. The van der Waals surface area contributed by atoms with Crippen LogP contribution in [0.2, 0.25) is 5.15 Å². The van der Waals surface area contributed by atoms with Crippen LogP contribution in [0.1, 0.15) is 6.92 Å².